The van der Waals surface area contributed by atoms with E-state index >= 15 is 0 Å². The van der Waals surface area contributed by atoms with E-state index in [1.54, 1.807) is 0 Å². The molecule has 0 aliphatic carbocycles. The van der Waals surface area contributed by atoms with Crippen LogP contribution in [0.5, 0.6) is 0 Å². The van der Waals surface area contributed by atoms with Crippen molar-refractivity contribution in [2.45, 2.75) is 31.8 Å². The van der Waals surface area contributed by atoms with Gasteiger partial charge in [-0.05, 0) is 24.8 Å². The molecule has 1 unspecified atom stereocenters. The molecular weight excluding hydrogens is 228 g/mol. The van der Waals surface area contributed by atoms with Gasteiger partial charge in [-0.3, -0.25) is 0 Å². The number of hydrogen-bond donors (Lipinski definition) is 2. The summed E-state index contributed by atoms with van der Waals surface area (Å²) in [5.74, 6) is 0. The Balaban J connectivity index is 1.79. The Bertz CT molecular complexity index is 381. The average Bonchev–Trinajstić information content (AvgIpc) is 2.63. The normalized spacial score (nSPS) is 20.4. The Kier molecular flexibility index (Phi) is 4.59. The van der Waals surface area contributed by atoms with Crippen LogP contribution in [-0.2, 0) is 6.54 Å². The van der Waals surface area contributed by atoms with Gasteiger partial charge < -0.3 is 15.3 Å². The van der Waals surface area contributed by atoms with Crippen molar-refractivity contribution < 1.29 is 9.90 Å². The number of carboxylic acid groups (broad SMARTS) is 1. The first-order valence-electron chi connectivity index (χ1n) is 6.51. The maximum absolute atomic E-state index is 10.9. The van der Waals surface area contributed by atoms with Gasteiger partial charge in [0.05, 0.1) is 0 Å². The highest BCUT2D eigenvalue weighted by Gasteiger charge is 2.19. The van der Waals surface area contributed by atoms with Crippen molar-refractivity contribution in [1.29, 1.82) is 0 Å². The van der Waals surface area contributed by atoms with Crippen LogP contribution in [0.15, 0.2) is 30.3 Å². The maximum Gasteiger partial charge on any atom is 0.407 e. The zero-order valence-corrected chi connectivity index (χ0v) is 10.5. The number of amides is 1. The van der Waals surface area contributed by atoms with Crippen LogP contribution in [-0.4, -0.2) is 35.2 Å². The Hall–Kier alpha value is -1.55. The first-order chi connectivity index (χ1) is 8.75. The molecule has 4 nitrogen and oxygen atoms in total. The summed E-state index contributed by atoms with van der Waals surface area (Å²) in [6.07, 6.45) is 2.10. The molecule has 1 atom stereocenters. The number of hydrogen-bond acceptors (Lipinski definition) is 2. The molecule has 4 heteroatoms. The Morgan fingerprint density at radius 1 is 1.28 bits per heavy atom. The predicted octanol–water partition coefficient (Wildman–Crippen LogP) is 2.31. The summed E-state index contributed by atoms with van der Waals surface area (Å²) in [4.78, 5) is 12.4. The monoisotopic (exact) mass is 248 g/mol. The molecule has 98 valence electrons. The van der Waals surface area contributed by atoms with Gasteiger partial charge in [0.25, 0.3) is 0 Å². The van der Waals surface area contributed by atoms with Gasteiger partial charge in [0.2, 0.25) is 0 Å². The first-order valence-corrected chi connectivity index (χ1v) is 6.51. The molecule has 1 heterocycles. The second-order valence-electron chi connectivity index (χ2n) is 4.76. The topological polar surface area (TPSA) is 52.6 Å². The van der Waals surface area contributed by atoms with Gasteiger partial charge in [-0.25, -0.2) is 4.79 Å². The predicted molar refractivity (Wildman–Crippen MR) is 70.5 cm³/mol. The molecule has 1 aromatic rings. The minimum absolute atomic E-state index is 0.426. The van der Waals surface area contributed by atoms with Gasteiger partial charge in [0, 0.05) is 25.7 Å². The van der Waals surface area contributed by atoms with Crippen LogP contribution in [0.25, 0.3) is 0 Å². The van der Waals surface area contributed by atoms with Gasteiger partial charge >= 0.3 is 6.09 Å². The van der Waals surface area contributed by atoms with Crippen molar-refractivity contribution in [3.8, 4) is 0 Å². The van der Waals surface area contributed by atoms with Crippen molar-refractivity contribution in [2.75, 3.05) is 13.1 Å². The molecule has 2 N–H and O–H groups in total. The lowest BCUT2D eigenvalue weighted by molar-refractivity contribution is 0.146. The average molecular weight is 248 g/mol. The van der Waals surface area contributed by atoms with E-state index in [-0.39, 0.29) is 0 Å². The van der Waals surface area contributed by atoms with Crippen LogP contribution in [0, 0.1) is 0 Å². The summed E-state index contributed by atoms with van der Waals surface area (Å²) in [6, 6.07) is 10.7. The van der Waals surface area contributed by atoms with E-state index in [2.05, 4.69) is 17.4 Å². The lowest BCUT2D eigenvalue weighted by Gasteiger charge is -2.17. The largest absolute Gasteiger partial charge is 0.465 e. The van der Waals surface area contributed by atoms with E-state index < -0.39 is 6.09 Å². The van der Waals surface area contributed by atoms with E-state index in [9.17, 15) is 4.79 Å². The molecule has 2 rings (SSSR count). The highest BCUT2D eigenvalue weighted by Crippen LogP contribution is 2.12. The molecule has 1 aliphatic heterocycles. The second kappa shape index (κ2) is 6.40. The molecule has 0 aromatic heterocycles. The van der Waals surface area contributed by atoms with Crippen LogP contribution >= 0.6 is 0 Å². The van der Waals surface area contributed by atoms with Crippen molar-refractivity contribution in [2.24, 2.45) is 0 Å². The SMILES string of the molecule is O=C(O)N1CCCC(NCc2ccccc2)CC1. The number of carbonyl (C=O) groups is 1. The van der Waals surface area contributed by atoms with E-state index in [1.165, 1.54) is 10.5 Å². The van der Waals surface area contributed by atoms with Crippen LogP contribution in [0.3, 0.4) is 0 Å². The maximum atomic E-state index is 10.9. The molecule has 0 spiro atoms. The van der Waals surface area contributed by atoms with Crippen molar-refractivity contribution in [3.63, 3.8) is 0 Å². The van der Waals surface area contributed by atoms with Gasteiger partial charge in [-0.2, -0.15) is 0 Å². The fraction of sp³-hybridized carbons (Fsp3) is 0.500. The molecule has 1 aliphatic rings. The molecule has 18 heavy (non-hydrogen) atoms. The van der Waals surface area contributed by atoms with Crippen LogP contribution < -0.4 is 5.32 Å². The Morgan fingerprint density at radius 3 is 2.78 bits per heavy atom. The minimum atomic E-state index is -0.793. The Morgan fingerprint density at radius 2 is 2.06 bits per heavy atom. The van der Waals surface area contributed by atoms with Gasteiger partial charge in [0.1, 0.15) is 0 Å². The third-order valence-corrected chi connectivity index (χ3v) is 3.44. The fourth-order valence-electron chi connectivity index (χ4n) is 2.35. The van der Waals surface area contributed by atoms with Gasteiger partial charge in [-0.1, -0.05) is 30.3 Å². The highest BCUT2D eigenvalue weighted by molar-refractivity contribution is 5.64. The third kappa shape index (κ3) is 3.74. The number of nitrogens with zero attached hydrogens (tertiary/aromatic N) is 1. The van der Waals surface area contributed by atoms with Crippen LogP contribution in [0.1, 0.15) is 24.8 Å². The number of rotatable bonds is 3. The van der Waals surface area contributed by atoms with Crippen LogP contribution in [0.4, 0.5) is 4.79 Å². The number of likely N-dealkylation sites (tertiary alicyclic amines) is 1. The zero-order valence-electron chi connectivity index (χ0n) is 10.5. The van der Waals surface area contributed by atoms with Crippen molar-refractivity contribution in [1.82, 2.24) is 10.2 Å². The van der Waals surface area contributed by atoms with Gasteiger partial charge in [0.15, 0.2) is 0 Å². The minimum Gasteiger partial charge on any atom is -0.465 e. The van der Waals surface area contributed by atoms with E-state index in [1.807, 2.05) is 18.2 Å². The van der Waals surface area contributed by atoms with Gasteiger partial charge in [-0.15, -0.1) is 0 Å². The fourth-order valence-corrected chi connectivity index (χ4v) is 2.35. The molecular formula is C14H20N2O2. The summed E-state index contributed by atoms with van der Waals surface area (Å²) in [6.45, 7) is 2.17. The third-order valence-electron chi connectivity index (χ3n) is 3.44. The molecule has 0 bridgehead atoms. The summed E-state index contributed by atoms with van der Waals surface area (Å²) < 4.78 is 0. The standard InChI is InChI=1S/C14H20N2O2/c17-14(18)16-9-4-7-13(8-10-16)15-11-12-5-2-1-3-6-12/h1-3,5-6,13,15H,4,7-11H2,(H,17,18). The zero-order chi connectivity index (χ0) is 12.8. The lowest BCUT2D eigenvalue weighted by Crippen LogP contribution is -2.32. The first kappa shape index (κ1) is 12.9. The summed E-state index contributed by atoms with van der Waals surface area (Å²) in [7, 11) is 0. The van der Waals surface area contributed by atoms with Crippen molar-refractivity contribution >= 4 is 6.09 Å². The molecule has 1 amide bonds. The Labute approximate surface area is 108 Å². The molecule has 0 radical (unpaired) electrons. The van der Waals surface area contributed by atoms with E-state index in [4.69, 9.17) is 5.11 Å². The molecule has 1 saturated heterocycles. The summed E-state index contributed by atoms with van der Waals surface area (Å²) in [5.41, 5.74) is 1.27. The highest BCUT2D eigenvalue weighted by atomic mass is 16.4. The van der Waals surface area contributed by atoms with Crippen molar-refractivity contribution in [3.05, 3.63) is 35.9 Å². The van der Waals surface area contributed by atoms with E-state index in [0.29, 0.717) is 19.1 Å². The molecule has 0 saturated carbocycles. The second-order valence-corrected chi connectivity index (χ2v) is 4.76. The quantitative estimate of drug-likeness (QED) is 0.863. The number of benzene rings is 1. The molecule has 1 aromatic carbocycles. The summed E-state index contributed by atoms with van der Waals surface area (Å²) >= 11 is 0. The smallest absolute Gasteiger partial charge is 0.407 e. The molecule has 1 fully saturated rings. The lowest BCUT2D eigenvalue weighted by atomic mass is 10.1. The summed E-state index contributed by atoms with van der Waals surface area (Å²) in [5, 5.41) is 12.5. The number of nitrogens with one attached hydrogen (secondary N) is 1. The van der Waals surface area contributed by atoms with E-state index in [0.717, 1.165) is 25.8 Å². The van der Waals surface area contributed by atoms with Crippen LogP contribution in [0.2, 0.25) is 0 Å².